The fraction of sp³-hybridized carbons (Fsp3) is 0.250. The highest BCUT2D eigenvalue weighted by atomic mass is 16.1. The second kappa shape index (κ2) is 5.83. The van der Waals surface area contributed by atoms with Gasteiger partial charge in [-0.2, -0.15) is 0 Å². The summed E-state index contributed by atoms with van der Waals surface area (Å²) in [6, 6.07) is 8.30. The minimum absolute atomic E-state index is 0.265. The molecule has 0 aliphatic heterocycles. The van der Waals surface area contributed by atoms with Crippen LogP contribution in [0.3, 0.4) is 0 Å². The number of hydrogen-bond acceptors (Lipinski definition) is 4. The highest BCUT2D eigenvalue weighted by Crippen LogP contribution is 2.18. The maximum absolute atomic E-state index is 11.6. The second-order valence-corrected chi connectivity index (χ2v) is 4.96. The van der Waals surface area contributed by atoms with Gasteiger partial charge in [-0.3, -0.25) is 4.79 Å². The van der Waals surface area contributed by atoms with Gasteiger partial charge in [0.25, 0.3) is 5.56 Å². The number of H-pyrrole nitrogens is 1. The number of nitrogens with one attached hydrogen (secondary N) is 1. The van der Waals surface area contributed by atoms with Gasteiger partial charge >= 0.3 is 0 Å². The zero-order chi connectivity index (χ0) is 14.7. The van der Waals surface area contributed by atoms with E-state index in [0.29, 0.717) is 5.65 Å². The summed E-state index contributed by atoms with van der Waals surface area (Å²) >= 11 is 0. The van der Waals surface area contributed by atoms with Crippen LogP contribution in [0.5, 0.6) is 0 Å². The van der Waals surface area contributed by atoms with Gasteiger partial charge in [0.05, 0.1) is 18.2 Å². The molecule has 0 bridgehead atoms. The van der Waals surface area contributed by atoms with Gasteiger partial charge in [-0.05, 0) is 18.4 Å². The quantitative estimate of drug-likeness (QED) is 0.797. The van der Waals surface area contributed by atoms with E-state index in [1.54, 1.807) is 6.20 Å². The van der Waals surface area contributed by atoms with Gasteiger partial charge in [0.1, 0.15) is 0 Å². The van der Waals surface area contributed by atoms with Gasteiger partial charge in [0, 0.05) is 5.56 Å². The predicted molar refractivity (Wildman–Crippen MR) is 82.0 cm³/mol. The molecule has 2 aromatic heterocycles. The molecular formula is C16H16N4O. The summed E-state index contributed by atoms with van der Waals surface area (Å²) in [5, 5.41) is 0. The van der Waals surface area contributed by atoms with Crippen LogP contribution >= 0.6 is 0 Å². The molecule has 0 atom stereocenters. The van der Waals surface area contributed by atoms with Crippen LogP contribution in [-0.4, -0.2) is 19.9 Å². The summed E-state index contributed by atoms with van der Waals surface area (Å²) in [5.74, 6) is 0. The van der Waals surface area contributed by atoms with Crippen molar-refractivity contribution in [2.75, 3.05) is 0 Å². The number of aromatic amines is 1. The van der Waals surface area contributed by atoms with Crippen molar-refractivity contribution in [2.45, 2.75) is 26.2 Å². The minimum Gasteiger partial charge on any atom is -0.311 e. The standard InChI is InChI=1S/C16H16N4O/c1-2-3-4-11-5-7-12(8-6-11)13-9-17-14-15(20-13)18-10-19-16(14)21/h5-10H,2-4H2,1H3,(H,18,19,20,21). The third kappa shape index (κ3) is 2.81. The Morgan fingerprint density at radius 1 is 1.14 bits per heavy atom. The van der Waals surface area contributed by atoms with E-state index in [-0.39, 0.29) is 11.1 Å². The van der Waals surface area contributed by atoms with Gasteiger partial charge in [0.2, 0.25) is 0 Å². The van der Waals surface area contributed by atoms with Crippen LogP contribution in [0, 0.1) is 0 Å². The molecule has 2 heterocycles. The first-order valence-electron chi connectivity index (χ1n) is 7.07. The molecule has 0 spiro atoms. The van der Waals surface area contributed by atoms with Crippen LogP contribution in [0.4, 0.5) is 0 Å². The van der Waals surface area contributed by atoms with E-state index in [1.165, 1.54) is 24.7 Å². The van der Waals surface area contributed by atoms with Crippen molar-refractivity contribution in [1.82, 2.24) is 19.9 Å². The Morgan fingerprint density at radius 2 is 1.95 bits per heavy atom. The molecule has 0 aliphatic carbocycles. The molecule has 0 fully saturated rings. The van der Waals surface area contributed by atoms with Crippen LogP contribution < -0.4 is 5.56 Å². The molecule has 106 valence electrons. The number of hydrogen-bond donors (Lipinski definition) is 1. The van der Waals surface area contributed by atoms with Gasteiger partial charge in [-0.25, -0.2) is 15.0 Å². The van der Waals surface area contributed by atoms with Gasteiger partial charge in [-0.1, -0.05) is 37.6 Å². The van der Waals surface area contributed by atoms with Crippen LogP contribution in [-0.2, 0) is 6.42 Å². The Morgan fingerprint density at radius 3 is 2.71 bits per heavy atom. The number of fused-ring (bicyclic) bond motifs is 1. The minimum atomic E-state index is -0.269. The number of aryl methyl sites for hydroxylation is 1. The molecule has 3 rings (SSSR count). The summed E-state index contributed by atoms with van der Waals surface area (Å²) < 4.78 is 0. The van der Waals surface area contributed by atoms with E-state index >= 15 is 0 Å². The maximum Gasteiger partial charge on any atom is 0.278 e. The number of rotatable bonds is 4. The summed E-state index contributed by atoms with van der Waals surface area (Å²) in [5.41, 5.74) is 3.39. The summed E-state index contributed by atoms with van der Waals surface area (Å²) in [6.07, 6.45) is 6.44. The topological polar surface area (TPSA) is 71.5 Å². The lowest BCUT2D eigenvalue weighted by Crippen LogP contribution is -2.09. The largest absolute Gasteiger partial charge is 0.311 e. The van der Waals surface area contributed by atoms with Crippen molar-refractivity contribution in [3.05, 3.63) is 52.7 Å². The van der Waals surface area contributed by atoms with Crippen molar-refractivity contribution >= 4 is 11.2 Å². The summed E-state index contributed by atoms with van der Waals surface area (Å²) in [7, 11) is 0. The molecule has 3 aromatic rings. The molecule has 1 aromatic carbocycles. The lowest BCUT2D eigenvalue weighted by atomic mass is 10.1. The first kappa shape index (κ1) is 13.4. The zero-order valence-electron chi connectivity index (χ0n) is 11.8. The molecule has 0 saturated carbocycles. The molecule has 0 unspecified atom stereocenters. The Bertz CT molecular complexity index is 808. The Hall–Kier alpha value is -2.56. The highest BCUT2D eigenvalue weighted by Gasteiger charge is 2.06. The van der Waals surface area contributed by atoms with Crippen molar-refractivity contribution < 1.29 is 0 Å². The average Bonchev–Trinajstić information content (AvgIpc) is 2.53. The molecule has 0 amide bonds. The van der Waals surface area contributed by atoms with Gasteiger partial charge < -0.3 is 4.98 Å². The first-order chi connectivity index (χ1) is 10.3. The Balaban J connectivity index is 1.95. The fourth-order valence-electron chi connectivity index (χ4n) is 2.21. The van der Waals surface area contributed by atoms with Crippen molar-refractivity contribution in [2.24, 2.45) is 0 Å². The molecule has 5 heteroatoms. The van der Waals surface area contributed by atoms with Crippen molar-refractivity contribution in [1.29, 1.82) is 0 Å². The molecule has 5 nitrogen and oxygen atoms in total. The zero-order valence-corrected chi connectivity index (χ0v) is 11.8. The molecule has 0 radical (unpaired) electrons. The normalized spacial score (nSPS) is 10.9. The maximum atomic E-state index is 11.6. The lowest BCUT2D eigenvalue weighted by Gasteiger charge is -2.04. The second-order valence-electron chi connectivity index (χ2n) is 4.96. The van der Waals surface area contributed by atoms with Crippen LogP contribution in [0.15, 0.2) is 41.6 Å². The van der Waals surface area contributed by atoms with E-state index in [2.05, 4.69) is 39.0 Å². The molecule has 21 heavy (non-hydrogen) atoms. The van der Waals surface area contributed by atoms with Crippen molar-refractivity contribution in [3.8, 4) is 11.3 Å². The summed E-state index contributed by atoms with van der Waals surface area (Å²) in [6.45, 7) is 2.19. The predicted octanol–water partition coefficient (Wildman–Crippen LogP) is 2.72. The third-order valence-corrected chi connectivity index (χ3v) is 3.42. The van der Waals surface area contributed by atoms with Gasteiger partial charge in [0.15, 0.2) is 11.2 Å². The lowest BCUT2D eigenvalue weighted by molar-refractivity contribution is 0.795. The molecule has 0 aliphatic rings. The van der Waals surface area contributed by atoms with E-state index in [1.807, 2.05) is 12.1 Å². The van der Waals surface area contributed by atoms with Crippen LogP contribution in [0.25, 0.3) is 22.4 Å². The van der Waals surface area contributed by atoms with E-state index in [0.717, 1.165) is 17.7 Å². The van der Waals surface area contributed by atoms with E-state index in [4.69, 9.17) is 0 Å². The van der Waals surface area contributed by atoms with Crippen LogP contribution in [0.1, 0.15) is 25.3 Å². The Labute approximate surface area is 122 Å². The fourth-order valence-corrected chi connectivity index (χ4v) is 2.21. The summed E-state index contributed by atoms with van der Waals surface area (Å²) in [4.78, 5) is 26.7. The Kier molecular flexibility index (Phi) is 3.73. The van der Waals surface area contributed by atoms with Crippen LogP contribution in [0.2, 0.25) is 0 Å². The monoisotopic (exact) mass is 280 g/mol. The SMILES string of the molecule is CCCCc1ccc(-c2cnc3c(=O)[nH]cnc3n2)cc1. The first-order valence-corrected chi connectivity index (χ1v) is 7.07. The molecule has 1 N–H and O–H groups in total. The number of benzene rings is 1. The number of unbranched alkanes of at least 4 members (excludes halogenated alkanes) is 1. The number of nitrogens with zero attached hydrogens (tertiary/aromatic N) is 3. The molecule has 0 saturated heterocycles. The third-order valence-electron chi connectivity index (χ3n) is 3.42. The van der Waals surface area contributed by atoms with Gasteiger partial charge in [-0.15, -0.1) is 0 Å². The highest BCUT2D eigenvalue weighted by molar-refractivity contribution is 5.72. The van der Waals surface area contributed by atoms with Crippen molar-refractivity contribution in [3.63, 3.8) is 0 Å². The smallest absolute Gasteiger partial charge is 0.278 e. The average molecular weight is 280 g/mol. The van der Waals surface area contributed by atoms with E-state index < -0.39 is 0 Å². The number of aromatic nitrogens is 4. The van der Waals surface area contributed by atoms with E-state index in [9.17, 15) is 4.79 Å². The molecular weight excluding hydrogens is 264 g/mol.